The Morgan fingerprint density at radius 1 is 1.08 bits per heavy atom. The SMILES string of the molecule is O=C(NCc1ccc(F)cc1)C(=O)NC[C@H]1COC2(CCCCC2)O1. The lowest BCUT2D eigenvalue weighted by atomic mass is 9.94. The predicted molar refractivity (Wildman–Crippen MR) is 87.9 cm³/mol. The quantitative estimate of drug-likeness (QED) is 0.810. The molecule has 0 bridgehead atoms. The van der Waals surface area contributed by atoms with Crippen molar-refractivity contribution in [2.75, 3.05) is 13.2 Å². The molecule has 0 radical (unpaired) electrons. The van der Waals surface area contributed by atoms with E-state index in [0.29, 0.717) is 12.2 Å². The number of halogens is 1. The average molecular weight is 350 g/mol. The zero-order valence-corrected chi connectivity index (χ0v) is 14.1. The van der Waals surface area contributed by atoms with Crippen LogP contribution in [0.3, 0.4) is 0 Å². The van der Waals surface area contributed by atoms with Crippen LogP contribution in [0.2, 0.25) is 0 Å². The molecule has 1 spiro atoms. The number of rotatable bonds is 4. The lowest BCUT2D eigenvalue weighted by Crippen LogP contribution is -2.43. The van der Waals surface area contributed by atoms with E-state index < -0.39 is 17.6 Å². The molecule has 3 rings (SSSR count). The molecule has 1 aliphatic heterocycles. The van der Waals surface area contributed by atoms with Gasteiger partial charge in [-0.1, -0.05) is 18.6 Å². The fourth-order valence-corrected chi connectivity index (χ4v) is 3.22. The van der Waals surface area contributed by atoms with Crippen molar-refractivity contribution in [2.45, 2.75) is 50.5 Å². The number of ether oxygens (including phenoxy) is 2. The third kappa shape index (κ3) is 4.76. The summed E-state index contributed by atoms with van der Waals surface area (Å²) in [7, 11) is 0. The first-order valence-electron chi connectivity index (χ1n) is 8.69. The number of nitrogens with one attached hydrogen (secondary N) is 2. The summed E-state index contributed by atoms with van der Waals surface area (Å²) in [5.41, 5.74) is 0.717. The summed E-state index contributed by atoms with van der Waals surface area (Å²) in [6.45, 7) is 0.834. The average Bonchev–Trinajstić information content (AvgIpc) is 3.02. The van der Waals surface area contributed by atoms with Gasteiger partial charge in [0, 0.05) is 25.9 Å². The van der Waals surface area contributed by atoms with Crippen LogP contribution in [0.5, 0.6) is 0 Å². The Balaban J connectivity index is 1.38. The Morgan fingerprint density at radius 3 is 2.48 bits per heavy atom. The summed E-state index contributed by atoms with van der Waals surface area (Å²) < 4.78 is 24.6. The molecule has 1 heterocycles. The number of hydrogen-bond acceptors (Lipinski definition) is 4. The Bertz CT molecular complexity index is 614. The molecule has 1 aromatic carbocycles. The minimum Gasteiger partial charge on any atom is -0.347 e. The van der Waals surface area contributed by atoms with Gasteiger partial charge < -0.3 is 20.1 Å². The summed E-state index contributed by atoms with van der Waals surface area (Å²) in [6.07, 6.45) is 4.91. The van der Waals surface area contributed by atoms with Crippen LogP contribution < -0.4 is 10.6 Å². The predicted octanol–water partition coefficient (Wildman–Crippen LogP) is 1.63. The maximum Gasteiger partial charge on any atom is 0.309 e. The van der Waals surface area contributed by atoms with Crippen LogP contribution in [-0.2, 0) is 25.6 Å². The molecular weight excluding hydrogens is 327 g/mol. The summed E-state index contributed by atoms with van der Waals surface area (Å²) in [5, 5.41) is 5.08. The Morgan fingerprint density at radius 2 is 1.76 bits per heavy atom. The van der Waals surface area contributed by atoms with Gasteiger partial charge in [-0.2, -0.15) is 0 Å². The number of amides is 2. The van der Waals surface area contributed by atoms with Gasteiger partial charge in [0.1, 0.15) is 11.9 Å². The zero-order chi connectivity index (χ0) is 17.7. The smallest absolute Gasteiger partial charge is 0.309 e. The van der Waals surface area contributed by atoms with Crippen molar-refractivity contribution in [3.63, 3.8) is 0 Å². The number of hydrogen-bond donors (Lipinski definition) is 2. The highest BCUT2D eigenvalue weighted by Gasteiger charge is 2.42. The molecule has 2 amide bonds. The second-order valence-corrected chi connectivity index (χ2v) is 6.54. The van der Waals surface area contributed by atoms with E-state index in [1.54, 1.807) is 12.1 Å². The minimum absolute atomic E-state index is 0.165. The largest absolute Gasteiger partial charge is 0.347 e. The summed E-state index contributed by atoms with van der Waals surface area (Å²) in [6, 6.07) is 5.72. The van der Waals surface area contributed by atoms with Crippen molar-refractivity contribution in [1.82, 2.24) is 10.6 Å². The van der Waals surface area contributed by atoms with E-state index in [2.05, 4.69) is 10.6 Å². The van der Waals surface area contributed by atoms with Crippen LogP contribution >= 0.6 is 0 Å². The van der Waals surface area contributed by atoms with Gasteiger partial charge in [-0.15, -0.1) is 0 Å². The van der Waals surface area contributed by atoms with Gasteiger partial charge in [0.05, 0.1) is 6.61 Å². The van der Waals surface area contributed by atoms with E-state index in [-0.39, 0.29) is 25.0 Å². The van der Waals surface area contributed by atoms with Crippen molar-refractivity contribution in [2.24, 2.45) is 0 Å². The Kier molecular flexibility index (Phi) is 5.65. The van der Waals surface area contributed by atoms with Gasteiger partial charge in [0.2, 0.25) is 0 Å². The lowest BCUT2D eigenvalue weighted by Gasteiger charge is -2.31. The normalized spacial score (nSPS) is 21.9. The topological polar surface area (TPSA) is 76.7 Å². The second kappa shape index (κ2) is 7.93. The maximum atomic E-state index is 12.8. The highest BCUT2D eigenvalue weighted by atomic mass is 19.1. The number of carbonyl (C=O) groups excluding carboxylic acids is 2. The van der Waals surface area contributed by atoms with Crippen LogP contribution in [-0.4, -0.2) is 36.9 Å². The van der Waals surface area contributed by atoms with E-state index in [1.165, 1.54) is 18.6 Å². The molecular formula is C18H23FN2O4. The molecule has 136 valence electrons. The van der Waals surface area contributed by atoms with Gasteiger partial charge in [0.25, 0.3) is 0 Å². The molecule has 6 nitrogen and oxygen atoms in total. The van der Waals surface area contributed by atoms with Gasteiger partial charge in [-0.05, 0) is 30.5 Å². The number of benzene rings is 1. The van der Waals surface area contributed by atoms with Crippen molar-refractivity contribution < 1.29 is 23.5 Å². The fraction of sp³-hybridized carbons (Fsp3) is 0.556. The Hall–Kier alpha value is -1.99. The first-order chi connectivity index (χ1) is 12.1. The molecule has 1 saturated carbocycles. The number of carbonyl (C=O) groups is 2. The zero-order valence-electron chi connectivity index (χ0n) is 14.1. The lowest BCUT2D eigenvalue weighted by molar-refractivity contribution is -0.186. The Labute approximate surface area is 146 Å². The highest BCUT2D eigenvalue weighted by molar-refractivity contribution is 6.35. The van der Waals surface area contributed by atoms with Crippen LogP contribution in [0.1, 0.15) is 37.7 Å². The van der Waals surface area contributed by atoms with Crippen molar-refractivity contribution in [1.29, 1.82) is 0 Å². The van der Waals surface area contributed by atoms with Crippen LogP contribution in [0.15, 0.2) is 24.3 Å². The molecule has 2 N–H and O–H groups in total. The van der Waals surface area contributed by atoms with Gasteiger partial charge in [-0.3, -0.25) is 9.59 Å². The van der Waals surface area contributed by atoms with Crippen molar-refractivity contribution in [3.05, 3.63) is 35.6 Å². The standard InChI is InChI=1S/C18H23FN2O4/c19-14-6-4-13(5-7-14)10-20-16(22)17(23)21-11-15-12-24-18(25-15)8-2-1-3-9-18/h4-7,15H,1-3,8-12H2,(H,20,22)(H,21,23)/t15-/m0/s1. The van der Waals surface area contributed by atoms with E-state index in [0.717, 1.165) is 25.7 Å². The monoisotopic (exact) mass is 350 g/mol. The third-order valence-corrected chi connectivity index (χ3v) is 4.59. The molecule has 1 aromatic rings. The van der Waals surface area contributed by atoms with Crippen molar-refractivity contribution >= 4 is 11.8 Å². The molecule has 0 unspecified atom stereocenters. The maximum absolute atomic E-state index is 12.8. The molecule has 0 aromatic heterocycles. The van der Waals surface area contributed by atoms with Crippen LogP contribution in [0.25, 0.3) is 0 Å². The molecule has 1 saturated heterocycles. The fourth-order valence-electron chi connectivity index (χ4n) is 3.22. The molecule has 2 aliphatic rings. The first kappa shape index (κ1) is 17.8. The highest BCUT2D eigenvalue weighted by Crippen LogP contribution is 2.37. The van der Waals surface area contributed by atoms with Gasteiger partial charge >= 0.3 is 11.8 Å². The third-order valence-electron chi connectivity index (χ3n) is 4.59. The second-order valence-electron chi connectivity index (χ2n) is 6.54. The van der Waals surface area contributed by atoms with E-state index in [9.17, 15) is 14.0 Å². The molecule has 1 atom stereocenters. The van der Waals surface area contributed by atoms with Crippen LogP contribution in [0, 0.1) is 5.82 Å². The van der Waals surface area contributed by atoms with Crippen LogP contribution in [0.4, 0.5) is 4.39 Å². The molecule has 25 heavy (non-hydrogen) atoms. The minimum atomic E-state index is -0.726. The molecule has 1 aliphatic carbocycles. The molecule has 2 fully saturated rings. The first-order valence-corrected chi connectivity index (χ1v) is 8.69. The van der Waals surface area contributed by atoms with E-state index in [4.69, 9.17) is 9.47 Å². The van der Waals surface area contributed by atoms with Crippen molar-refractivity contribution in [3.8, 4) is 0 Å². The van der Waals surface area contributed by atoms with E-state index in [1.807, 2.05) is 0 Å². The van der Waals surface area contributed by atoms with Gasteiger partial charge in [0.15, 0.2) is 5.79 Å². The summed E-state index contributed by atoms with van der Waals surface area (Å²) >= 11 is 0. The summed E-state index contributed by atoms with van der Waals surface area (Å²) in [5.74, 6) is -2.27. The summed E-state index contributed by atoms with van der Waals surface area (Å²) in [4.78, 5) is 23.7. The van der Waals surface area contributed by atoms with Gasteiger partial charge in [-0.25, -0.2) is 4.39 Å². The molecule has 7 heteroatoms. The van der Waals surface area contributed by atoms with E-state index >= 15 is 0 Å².